The molecule has 1 aliphatic heterocycles. The van der Waals surface area contributed by atoms with Crippen LogP contribution in [0.4, 0.5) is 0 Å². The Bertz CT molecular complexity index is 291. The maximum atomic E-state index is 4.39. The van der Waals surface area contributed by atoms with Crippen molar-refractivity contribution in [3.8, 4) is 0 Å². The van der Waals surface area contributed by atoms with Gasteiger partial charge >= 0.3 is 0 Å². The lowest BCUT2D eigenvalue weighted by molar-refractivity contribution is 0.478. The van der Waals surface area contributed by atoms with Crippen LogP contribution >= 0.6 is 11.8 Å². The van der Waals surface area contributed by atoms with Gasteiger partial charge in [0.1, 0.15) is 0 Å². The molecular formula is C12H18N2S. The summed E-state index contributed by atoms with van der Waals surface area (Å²) >= 11 is 2.07. The Morgan fingerprint density at radius 2 is 2.20 bits per heavy atom. The van der Waals surface area contributed by atoms with E-state index in [-0.39, 0.29) is 0 Å². The van der Waals surface area contributed by atoms with Gasteiger partial charge in [-0.2, -0.15) is 11.8 Å². The molecule has 1 saturated heterocycles. The van der Waals surface area contributed by atoms with E-state index in [4.69, 9.17) is 0 Å². The first kappa shape index (κ1) is 11.0. The predicted molar refractivity (Wildman–Crippen MR) is 66.2 cm³/mol. The van der Waals surface area contributed by atoms with E-state index >= 15 is 0 Å². The summed E-state index contributed by atoms with van der Waals surface area (Å²) in [6.07, 6.45) is 4.54. The van der Waals surface area contributed by atoms with E-state index in [9.17, 15) is 0 Å². The zero-order valence-corrected chi connectivity index (χ0v) is 10.0. The number of nitrogens with one attached hydrogen (secondary N) is 1. The number of aromatic nitrogens is 1. The number of rotatable bonds is 3. The van der Waals surface area contributed by atoms with Crippen LogP contribution in [-0.2, 0) is 6.54 Å². The molecule has 1 fully saturated rings. The van der Waals surface area contributed by atoms with Gasteiger partial charge in [-0.05, 0) is 42.9 Å². The first-order valence-corrected chi connectivity index (χ1v) is 6.73. The van der Waals surface area contributed by atoms with Crippen molar-refractivity contribution in [3.05, 3.63) is 29.6 Å². The molecule has 2 nitrogen and oxygen atoms in total. The highest BCUT2D eigenvalue weighted by Gasteiger charge is 2.12. The summed E-state index contributed by atoms with van der Waals surface area (Å²) in [4.78, 5) is 4.39. The van der Waals surface area contributed by atoms with Gasteiger partial charge in [0.25, 0.3) is 0 Å². The summed E-state index contributed by atoms with van der Waals surface area (Å²) in [7, 11) is 0. The highest BCUT2D eigenvalue weighted by Crippen LogP contribution is 2.17. The van der Waals surface area contributed by atoms with Crippen LogP contribution in [0.5, 0.6) is 0 Å². The van der Waals surface area contributed by atoms with Crippen molar-refractivity contribution in [1.82, 2.24) is 10.3 Å². The van der Waals surface area contributed by atoms with Crippen molar-refractivity contribution in [1.29, 1.82) is 0 Å². The molecule has 1 N–H and O–H groups in total. The van der Waals surface area contributed by atoms with Crippen LogP contribution < -0.4 is 5.32 Å². The molecule has 0 bridgehead atoms. The first-order valence-electron chi connectivity index (χ1n) is 5.57. The zero-order valence-electron chi connectivity index (χ0n) is 9.20. The van der Waals surface area contributed by atoms with Crippen LogP contribution in [0, 0.1) is 6.92 Å². The molecule has 1 aromatic rings. The maximum absolute atomic E-state index is 4.39. The lowest BCUT2D eigenvalue weighted by atomic mass is 10.1. The fourth-order valence-corrected chi connectivity index (χ4v) is 2.86. The van der Waals surface area contributed by atoms with E-state index in [2.05, 4.69) is 41.1 Å². The molecule has 15 heavy (non-hydrogen) atoms. The van der Waals surface area contributed by atoms with Crippen molar-refractivity contribution in [2.45, 2.75) is 32.4 Å². The van der Waals surface area contributed by atoms with Gasteiger partial charge in [-0.15, -0.1) is 0 Å². The second-order valence-electron chi connectivity index (χ2n) is 4.09. The van der Waals surface area contributed by atoms with Gasteiger partial charge in [0.05, 0.1) is 5.69 Å². The minimum absolute atomic E-state index is 0.703. The summed E-state index contributed by atoms with van der Waals surface area (Å²) in [6.45, 7) is 2.98. The van der Waals surface area contributed by atoms with Crippen molar-refractivity contribution >= 4 is 11.8 Å². The Morgan fingerprint density at radius 3 is 2.87 bits per heavy atom. The van der Waals surface area contributed by atoms with Gasteiger partial charge < -0.3 is 5.32 Å². The summed E-state index contributed by atoms with van der Waals surface area (Å²) in [5.74, 6) is 2.61. The number of hydrogen-bond acceptors (Lipinski definition) is 3. The smallest absolute Gasteiger partial charge is 0.0541 e. The normalized spacial score (nSPS) is 17.9. The van der Waals surface area contributed by atoms with Gasteiger partial charge in [0.15, 0.2) is 0 Å². The van der Waals surface area contributed by atoms with Crippen molar-refractivity contribution in [2.75, 3.05) is 11.5 Å². The maximum Gasteiger partial charge on any atom is 0.0541 e. The number of aryl methyl sites for hydroxylation is 1. The molecule has 2 heterocycles. The lowest BCUT2D eigenvalue weighted by Crippen LogP contribution is -2.32. The van der Waals surface area contributed by atoms with Crippen LogP contribution in [0.2, 0.25) is 0 Å². The Hall–Kier alpha value is -0.540. The largest absolute Gasteiger partial charge is 0.308 e. The quantitative estimate of drug-likeness (QED) is 0.850. The molecule has 82 valence electrons. The molecule has 0 unspecified atom stereocenters. The van der Waals surface area contributed by atoms with E-state index in [1.54, 1.807) is 0 Å². The number of nitrogens with zero attached hydrogens (tertiary/aromatic N) is 1. The highest BCUT2D eigenvalue weighted by molar-refractivity contribution is 7.99. The third-order valence-electron chi connectivity index (χ3n) is 2.77. The Kier molecular flexibility index (Phi) is 4.03. The molecular weight excluding hydrogens is 204 g/mol. The molecule has 1 aromatic heterocycles. The Balaban J connectivity index is 1.79. The molecule has 0 saturated carbocycles. The molecule has 0 spiro atoms. The molecule has 0 radical (unpaired) electrons. The zero-order chi connectivity index (χ0) is 10.5. The summed E-state index contributed by atoms with van der Waals surface area (Å²) in [6, 6.07) is 4.94. The van der Waals surface area contributed by atoms with E-state index in [1.807, 2.05) is 6.20 Å². The minimum atomic E-state index is 0.703. The molecule has 0 aromatic carbocycles. The van der Waals surface area contributed by atoms with Gasteiger partial charge in [0, 0.05) is 18.8 Å². The van der Waals surface area contributed by atoms with E-state index in [0.717, 1.165) is 12.2 Å². The molecule has 3 heteroatoms. The third-order valence-corrected chi connectivity index (χ3v) is 3.81. The van der Waals surface area contributed by atoms with Crippen LogP contribution in [0.15, 0.2) is 18.3 Å². The Labute approximate surface area is 95.9 Å². The standard InChI is InChI=1S/C12H18N2S/c1-10-2-3-12(13-8-10)9-14-11-4-6-15-7-5-11/h2-3,8,11,14H,4-7,9H2,1H3. The van der Waals surface area contributed by atoms with Gasteiger partial charge in [-0.25, -0.2) is 0 Å². The fraction of sp³-hybridized carbons (Fsp3) is 0.583. The van der Waals surface area contributed by atoms with Crippen LogP contribution in [-0.4, -0.2) is 22.5 Å². The van der Waals surface area contributed by atoms with Gasteiger partial charge in [-0.1, -0.05) is 6.07 Å². The predicted octanol–water partition coefficient (Wildman–Crippen LogP) is 2.38. The van der Waals surface area contributed by atoms with Crippen molar-refractivity contribution < 1.29 is 0 Å². The topological polar surface area (TPSA) is 24.9 Å². The molecule has 0 aliphatic carbocycles. The highest BCUT2D eigenvalue weighted by atomic mass is 32.2. The van der Waals surface area contributed by atoms with E-state index in [1.165, 1.54) is 29.9 Å². The van der Waals surface area contributed by atoms with Crippen LogP contribution in [0.1, 0.15) is 24.1 Å². The fourth-order valence-electron chi connectivity index (χ4n) is 1.75. The first-order chi connectivity index (χ1) is 7.34. The molecule has 0 atom stereocenters. The van der Waals surface area contributed by atoms with Gasteiger partial charge in [-0.3, -0.25) is 4.98 Å². The van der Waals surface area contributed by atoms with Gasteiger partial charge in [0.2, 0.25) is 0 Å². The summed E-state index contributed by atoms with van der Waals surface area (Å²) < 4.78 is 0. The van der Waals surface area contributed by atoms with E-state index in [0.29, 0.717) is 6.04 Å². The van der Waals surface area contributed by atoms with Crippen LogP contribution in [0.3, 0.4) is 0 Å². The average Bonchev–Trinajstić information content (AvgIpc) is 2.30. The Morgan fingerprint density at radius 1 is 1.40 bits per heavy atom. The lowest BCUT2D eigenvalue weighted by Gasteiger charge is -2.22. The van der Waals surface area contributed by atoms with Crippen LogP contribution in [0.25, 0.3) is 0 Å². The average molecular weight is 222 g/mol. The number of hydrogen-bond donors (Lipinski definition) is 1. The number of pyridine rings is 1. The molecule has 1 aliphatic rings. The monoisotopic (exact) mass is 222 g/mol. The summed E-state index contributed by atoms with van der Waals surface area (Å²) in [5, 5.41) is 3.58. The second-order valence-corrected chi connectivity index (χ2v) is 5.32. The van der Waals surface area contributed by atoms with Crippen molar-refractivity contribution in [2.24, 2.45) is 0 Å². The second kappa shape index (κ2) is 5.52. The number of thioether (sulfide) groups is 1. The minimum Gasteiger partial charge on any atom is -0.308 e. The molecule has 0 amide bonds. The van der Waals surface area contributed by atoms with Crippen molar-refractivity contribution in [3.63, 3.8) is 0 Å². The third kappa shape index (κ3) is 3.50. The summed E-state index contributed by atoms with van der Waals surface area (Å²) in [5.41, 5.74) is 2.38. The molecule has 2 rings (SSSR count). The van der Waals surface area contributed by atoms with E-state index < -0.39 is 0 Å². The SMILES string of the molecule is Cc1ccc(CNC2CCSCC2)nc1.